The smallest absolute Gasteiger partial charge is 0.00988 e. The van der Waals surface area contributed by atoms with Crippen LogP contribution in [-0.4, -0.2) is 0 Å². The summed E-state index contributed by atoms with van der Waals surface area (Å²) >= 11 is 0. The Hall–Kier alpha value is -7.54. The molecule has 0 atom stereocenters. The van der Waals surface area contributed by atoms with Crippen LogP contribution in [0.3, 0.4) is 0 Å². The number of rotatable bonds is 4. The van der Waals surface area contributed by atoms with Crippen molar-refractivity contribution in [2.45, 2.75) is 0 Å². The van der Waals surface area contributed by atoms with Crippen molar-refractivity contribution in [3.63, 3.8) is 0 Å². The quantitative estimate of drug-likeness (QED) is 0.158. The molecule has 0 spiro atoms. The molecule has 12 aromatic carbocycles. The van der Waals surface area contributed by atoms with Gasteiger partial charge in [0, 0.05) is 0 Å². The largest absolute Gasteiger partial charge is 0.0616 e. The molecule has 0 amide bonds. The van der Waals surface area contributed by atoms with Gasteiger partial charge in [-0.1, -0.05) is 170 Å². The van der Waals surface area contributed by atoms with Gasteiger partial charge in [0.05, 0.1) is 0 Å². The van der Waals surface area contributed by atoms with Crippen LogP contribution in [0.1, 0.15) is 0 Å². The van der Waals surface area contributed by atoms with E-state index in [2.05, 4.69) is 218 Å². The van der Waals surface area contributed by atoms with E-state index in [-0.39, 0.29) is 0 Å². The first-order chi connectivity index (χ1) is 28.7. The van der Waals surface area contributed by atoms with E-state index in [0.29, 0.717) is 0 Å². The van der Waals surface area contributed by atoms with E-state index < -0.39 is 0 Å². The van der Waals surface area contributed by atoms with Gasteiger partial charge in [0.15, 0.2) is 0 Å². The topological polar surface area (TPSA) is 0 Å². The van der Waals surface area contributed by atoms with Crippen LogP contribution in [0.15, 0.2) is 218 Å². The molecule has 12 aromatic rings. The predicted molar refractivity (Wildman–Crippen MR) is 251 cm³/mol. The molecule has 0 N–H and O–H groups in total. The molecule has 0 radical (unpaired) electrons. The zero-order chi connectivity index (χ0) is 38.2. The van der Waals surface area contributed by atoms with Crippen molar-refractivity contribution in [2.24, 2.45) is 0 Å². The van der Waals surface area contributed by atoms with Gasteiger partial charge in [-0.3, -0.25) is 0 Å². The lowest BCUT2D eigenvalue weighted by molar-refractivity contribution is 1.65. The van der Waals surface area contributed by atoms with E-state index in [1.54, 1.807) is 0 Å². The van der Waals surface area contributed by atoms with Gasteiger partial charge in [0.1, 0.15) is 0 Å². The second-order valence-electron chi connectivity index (χ2n) is 15.7. The fourth-order valence-electron chi connectivity index (χ4n) is 9.38. The molecule has 0 fully saturated rings. The molecule has 0 saturated carbocycles. The molecule has 0 heteroatoms. The average molecular weight is 733 g/mol. The standard InChI is InChI=1S/C58H36/c1-3-11-51-44(9-1)35-57(55-15-7-5-13-53(51)55)46-27-21-38-19-25-42(31-49(38)33-46)40-23-17-37-18-24-41(30-48(37)29-40)43-26-20-39-22-28-47(34-50(39)32-43)58-36-45-10-2-4-12-52(45)54-14-6-8-16-56(54)58/h1-36H. The summed E-state index contributed by atoms with van der Waals surface area (Å²) < 4.78 is 0. The molecule has 268 valence electrons. The lowest BCUT2D eigenvalue weighted by Crippen LogP contribution is -1.86. The molecule has 0 unspecified atom stereocenters. The normalized spacial score (nSPS) is 11.8. The Morgan fingerprint density at radius 3 is 0.793 bits per heavy atom. The van der Waals surface area contributed by atoms with Crippen molar-refractivity contribution >= 4 is 75.4 Å². The zero-order valence-corrected chi connectivity index (χ0v) is 31.8. The number of fused-ring (bicyclic) bond motifs is 9. The molecule has 0 bridgehead atoms. The summed E-state index contributed by atoms with van der Waals surface area (Å²) in [6.45, 7) is 0. The maximum absolute atomic E-state index is 2.36. The fraction of sp³-hybridized carbons (Fsp3) is 0. The van der Waals surface area contributed by atoms with Gasteiger partial charge in [-0.2, -0.15) is 0 Å². The van der Waals surface area contributed by atoms with Crippen LogP contribution in [0.4, 0.5) is 0 Å². The molecule has 0 aliphatic carbocycles. The van der Waals surface area contributed by atoms with Crippen molar-refractivity contribution in [3.05, 3.63) is 218 Å². The molecule has 0 saturated heterocycles. The van der Waals surface area contributed by atoms with Crippen molar-refractivity contribution in [2.75, 3.05) is 0 Å². The Bertz CT molecular complexity index is 3390. The third kappa shape index (κ3) is 5.38. The lowest BCUT2D eigenvalue weighted by Gasteiger charge is -2.13. The van der Waals surface area contributed by atoms with Gasteiger partial charge in [-0.25, -0.2) is 0 Å². The molecule has 0 aromatic heterocycles. The fourth-order valence-corrected chi connectivity index (χ4v) is 9.38. The minimum atomic E-state index is 1.22. The lowest BCUT2D eigenvalue weighted by atomic mass is 9.91. The maximum Gasteiger partial charge on any atom is -0.00988 e. The van der Waals surface area contributed by atoms with E-state index in [9.17, 15) is 0 Å². The summed E-state index contributed by atoms with van der Waals surface area (Å²) in [5.41, 5.74) is 9.90. The molecule has 0 heterocycles. The van der Waals surface area contributed by atoms with E-state index in [1.165, 1.54) is 120 Å². The van der Waals surface area contributed by atoms with E-state index in [1.807, 2.05) is 0 Å². The second kappa shape index (κ2) is 13.0. The van der Waals surface area contributed by atoms with E-state index in [0.717, 1.165) is 0 Å². The monoisotopic (exact) mass is 732 g/mol. The highest BCUT2D eigenvalue weighted by atomic mass is 14.2. The van der Waals surface area contributed by atoms with Crippen LogP contribution in [0.2, 0.25) is 0 Å². The summed E-state index contributed by atoms with van der Waals surface area (Å²) in [4.78, 5) is 0. The summed E-state index contributed by atoms with van der Waals surface area (Å²) in [5, 5.41) is 17.7. The first-order valence-corrected chi connectivity index (χ1v) is 20.1. The average Bonchev–Trinajstić information content (AvgIpc) is 3.30. The Morgan fingerprint density at radius 2 is 0.431 bits per heavy atom. The van der Waals surface area contributed by atoms with Crippen LogP contribution in [0.25, 0.3) is 120 Å². The van der Waals surface area contributed by atoms with Crippen LogP contribution < -0.4 is 0 Å². The van der Waals surface area contributed by atoms with Gasteiger partial charge in [-0.05, 0) is 168 Å². The van der Waals surface area contributed by atoms with Crippen LogP contribution >= 0.6 is 0 Å². The third-order valence-electron chi connectivity index (χ3n) is 12.3. The maximum atomic E-state index is 2.36. The Labute approximate surface area is 336 Å². The molecule has 58 heavy (non-hydrogen) atoms. The molecule has 0 aliphatic rings. The van der Waals surface area contributed by atoms with Crippen LogP contribution in [0, 0.1) is 0 Å². The van der Waals surface area contributed by atoms with Gasteiger partial charge < -0.3 is 0 Å². The Morgan fingerprint density at radius 1 is 0.155 bits per heavy atom. The summed E-state index contributed by atoms with van der Waals surface area (Å²) in [5.74, 6) is 0. The molecular weight excluding hydrogens is 697 g/mol. The van der Waals surface area contributed by atoms with Crippen molar-refractivity contribution in [1.82, 2.24) is 0 Å². The number of hydrogen-bond acceptors (Lipinski definition) is 0. The highest BCUT2D eigenvalue weighted by Gasteiger charge is 2.12. The van der Waals surface area contributed by atoms with Crippen LogP contribution in [-0.2, 0) is 0 Å². The third-order valence-corrected chi connectivity index (χ3v) is 12.3. The van der Waals surface area contributed by atoms with Gasteiger partial charge >= 0.3 is 0 Å². The van der Waals surface area contributed by atoms with Crippen molar-refractivity contribution in [1.29, 1.82) is 0 Å². The summed E-state index contributed by atoms with van der Waals surface area (Å²) in [6, 6.07) is 81.0. The summed E-state index contributed by atoms with van der Waals surface area (Å²) in [7, 11) is 0. The minimum absolute atomic E-state index is 1.22. The van der Waals surface area contributed by atoms with Gasteiger partial charge in [0.25, 0.3) is 0 Å². The zero-order valence-electron chi connectivity index (χ0n) is 31.8. The SMILES string of the molecule is c1ccc2c(c1)cc(-c1ccc3ccc(-c4ccc5ccc(-c6ccc7ccc(-c8cc9ccccc9c9ccccc89)cc7c6)cc5c4)cc3c1)c1ccccc12. The number of benzene rings is 12. The molecule has 0 aliphatic heterocycles. The van der Waals surface area contributed by atoms with Gasteiger partial charge in [0.2, 0.25) is 0 Å². The van der Waals surface area contributed by atoms with E-state index in [4.69, 9.17) is 0 Å². The second-order valence-corrected chi connectivity index (χ2v) is 15.7. The first kappa shape index (κ1) is 32.7. The highest BCUT2D eigenvalue weighted by molar-refractivity contribution is 6.15. The minimum Gasteiger partial charge on any atom is -0.0616 e. The van der Waals surface area contributed by atoms with Crippen LogP contribution in [0.5, 0.6) is 0 Å². The number of hydrogen-bond donors (Lipinski definition) is 0. The highest BCUT2D eigenvalue weighted by Crippen LogP contribution is 2.39. The van der Waals surface area contributed by atoms with Crippen molar-refractivity contribution < 1.29 is 0 Å². The molecular formula is C58H36. The first-order valence-electron chi connectivity index (χ1n) is 20.1. The molecule has 12 rings (SSSR count). The Kier molecular flexibility index (Phi) is 7.33. The van der Waals surface area contributed by atoms with E-state index >= 15 is 0 Å². The summed E-state index contributed by atoms with van der Waals surface area (Å²) in [6.07, 6.45) is 0. The van der Waals surface area contributed by atoms with Gasteiger partial charge in [-0.15, -0.1) is 0 Å². The predicted octanol–water partition coefficient (Wildman–Crippen LogP) is 16.4. The molecule has 0 nitrogen and oxygen atoms in total. The Balaban J connectivity index is 0.915. The van der Waals surface area contributed by atoms with Crippen molar-refractivity contribution in [3.8, 4) is 44.5 Å².